The number of carbonyl (C=O) groups is 2. The molecule has 2 aromatic rings. The molecule has 2 amide bonds. The van der Waals surface area contributed by atoms with Crippen LogP contribution in [-0.4, -0.2) is 44.7 Å². The number of amides is 2. The van der Waals surface area contributed by atoms with E-state index in [-0.39, 0.29) is 6.54 Å². The van der Waals surface area contributed by atoms with Gasteiger partial charge in [0.05, 0.1) is 27.9 Å². The van der Waals surface area contributed by atoms with Crippen molar-refractivity contribution in [1.82, 2.24) is 10.3 Å². The first kappa shape index (κ1) is 18.1. The predicted molar refractivity (Wildman–Crippen MR) is 91.3 cm³/mol. The van der Waals surface area contributed by atoms with Crippen LogP contribution in [0.15, 0.2) is 36.5 Å². The second kappa shape index (κ2) is 8.53. The van der Waals surface area contributed by atoms with E-state index >= 15 is 0 Å². The normalized spacial score (nSPS) is 9.88. The first-order valence-corrected chi connectivity index (χ1v) is 7.38. The standard InChI is InChI=1S/C17H19N3O5/c1-23-13-7-6-11(9-14(13)24-2)16(22)19-10-15(21)20-12-5-4-8-18-17(12)25-3/h4-9H,10H2,1-3H3,(H,19,22)(H,20,21). The summed E-state index contributed by atoms with van der Waals surface area (Å²) in [5.41, 5.74) is 0.778. The zero-order valence-corrected chi connectivity index (χ0v) is 14.2. The van der Waals surface area contributed by atoms with Gasteiger partial charge in [-0.1, -0.05) is 0 Å². The van der Waals surface area contributed by atoms with E-state index in [0.29, 0.717) is 28.6 Å². The van der Waals surface area contributed by atoms with Gasteiger partial charge < -0.3 is 24.8 Å². The van der Waals surface area contributed by atoms with E-state index in [1.165, 1.54) is 27.4 Å². The van der Waals surface area contributed by atoms with E-state index < -0.39 is 11.8 Å². The van der Waals surface area contributed by atoms with E-state index in [1.54, 1.807) is 30.5 Å². The Hall–Kier alpha value is -3.29. The lowest BCUT2D eigenvalue weighted by molar-refractivity contribution is -0.115. The summed E-state index contributed by atoms with van der Waals surface area (Å²) in [6.45, 7) is -0.203. The molecule has 0 aliphatic heterocycles. The van der Waals surface area contributed by atoms with Crippen molar-refractivity contribution in [1.29, 1.82) is 0 Å². The predicted octanol–water partition coefficient (Wildman–Crippen LogP) is 1.48. The first-order valence-electron chi connectivity index (χ1n) is 7.38. The Bertz CT molecular complexity index is 764. The number of anilines is 1. The van der Waals surface area contributed by atoms with Crippen LogP contribution in [0.1, 0.15) is 10.4 Å². The number of carbonyl (C=O) groups excluding carboxylic acids is 2. The molecular weight excluding hydrogens is 326 g/mol. The molecule has 0 aliphatic carbocycles. The van der Waals surface area contributed by atoms with E-state index in [9.17, 15) is 9.59 Å². The molecule has 0 spiro atoms. The van der Waals surface area contributed by atoms with Crippen molar-refractivity contribution in [3.05, 3.63) is 42.1 Å². The fourth-order valence-corrected chi connectivity index (χ4v) is 2.08. The molecule has 1 heterocycles. The van der Waals surface area contributed by atoms with Gasteiger partial charge in [-0.05, 0) is 30.3 Å². The first-order chi connectivity index (χ1) is 12.1. The fourth-order valence-electron chi connectivity index (χ4n) is 2.08. The summed E-state index contributed by atoms with van der Waals surface area (Å²) in [5, 5.41) is 5.16. The summed E-state index contributed by atoms with van der Waals surface area (Å²) in [6, 6.07) is 8.06. The average molecular weight is 345 g/mol. The van der Waals surface area contributed by atoms with Crippen LogP contribution in [0.2, 0.25) is 0 Å². The number of hydrogen-bond donors (Lipinski definition) is 2. The molecule has 0 saturated heterocycles. The van der Waals surface area contributed by atoms with Crippen LogP contribution in [0.3, 0.4) is 0 Å². The van der Waals surface area contributed by atoms with Gasteiger partial charge in [0.2, 0.25) is 11.8 Å². The van der Waals surface area contributed by atoms with Crippen molar-refractivity contribution < 1.29 is 23.8 Å². The number of hydrogen-bond acceptors (Lipinski definition) is 6. The Morgan fingerprint density at radius 2 is 1.80 bits per heavy atom. The number of benzene rings is 1. The number of methoxy groups -OCH3 is 3. The van der Waals surface area contributed by atoms with Gasteiger partial charge in [-0.2, -0.15) is 0 Å². The maximum absolute atomic E-state index is 12.2. The summed E-state index contributed by atoms with van der Waals surface area (Å²) in [6.07, 6.45) is 1.55. The highest BCUT2D eigenvalue weighted by molar-refractivity contribution is 6.00. The molecule has 8 nitrogen and oxygen atoms in total. The Kier molecular flexibility index (Phi) is 6.16. The SMILES string of the molecule is COc1ccc(C(=O)NCC(=O)Nc2cccnc2OC)cc1OC. The topological polar surface area (TPSA) is 98.8 Å². The highest BCUT2D eigenvalue weighted by Crippen LogP contribution is 2.27. The maximum Gasteiger partial charge on any atom is 0.251 e. The van der Waals surface area contributed by atoms with Crippen molar-refractivity contribution in [2.45, 2.75) is 0 Å². The molecule has 8 heteroatoms. The lowest BCUT2D eigenvalue weighted by atomic mass is 10.2. The zero-order chi connectivity index (χ0) is 18.2. The van der Waals surface area contributed by atoms with Crippen molar-refractivity contribution in [3.8, 4) is 17.4 Å². The van der Waals surface area contributed by atoms with Crippen molar-refractivity contribution in [2.75, 3.05) is 33.2 Å². The van der Waals surface area contributed by atoms with E-state index in [4.69, 9.17) is 14.2 Å². The van der Waals surface area contributed by atoms with Crippen LogP contribution in [0.4, 0.5) is 5.69 Å². The molecule has 0 saturated carbocycles. The van der Waals surface area contributed by atoms with E-state index in [2.05, 4.69) is 15.6 Å². The van der Waals surface area contributed by atoms with Gasteiger partial charge in [0, 0.05) is 11.8 Å². The minimum absolute atomic E-state index is 0.203. The van der Waals surface area contributed by atoms with Gasteiger partial charge in [-0.3, -0.25) is 9.59 Å². The summed E-state index contributed by atoms with van der Waals surface area (Å²) < 4.78 is 15.3. The average Bonchev–Trinajstić information content (AvgIpc) is 2.65. The van der Waals surface area contributed by atoms with Gasteiger partial charge in [-0.25, -0.2) is 4.98 Å². The van der Waals surface area contributed by atoms with Gasteiger partial charge in [0.1, 0.15) is 5.69 Å². The molecule has 2 N–H and O–H groups in total. The van der Waals surface area contributed by atoms with Crippen molar-refractivity contribution in [3.63, 3.8) is 0 Å². The Balaban J connectivity index is 1.96. The Morgan fingerprint density at radius 3 is 2.48 bits per heavy atom. The molecule has 0 unspecified atom stereocenters. The number of pyridine rings is 1. The van der Waals surface area contributed by atoms with Gasteiger partial charge in [0.25, 0.3) is 5.91 Å². The van der Waals surface area contributed by atoms with Crippen LogP contribution in [0, 0.1) is 0 Å². The third kappa shape index (κ3) is 4.60. The molecule has 25 heavy (non-hydrogen) atoms. The minimum Gasteiger partial charge on any atom is -0.493 e. The van der Waals surface area contributed by atoms with Crippen molar-refractivity contribution in [2.24, 2.45) is 0 Å². The lowest BCUT2D eigenvalue weighted by Crippen LogP contribution is -2.33. The van der Waals surface area contributed by atoms with E-state index in [1.807, 2.05) is 0 Å². The maximum atomic E-state index is 12.2. The number of nitrogens with zero attached hydrogens (tertiary/aromatic N) is 1. The quantitative estimate of drug-likeness (QED) is 0.789. The lowest BCUT2D eigenvalue weighted by Gasteiger charge is -2.11. The fraction of sp³-hybridized carbons (Fsp3) is 0.235. The molecule has 0 atom stereocenters. The van der Waals surface area contributed by atoms with Gasteiger partial charge >= 0.3 is 0 Å². The molecule has 2 rings (SSSR count). The Labute approximate surface area is 145 Å². The second-order valence-corrected chi connectivity index (χ2v) is 4.86. The van der Waals surface area contributed by atoms with E-state index in [0.717, 1.165) is 0 Å². The third-order valence-corrected chi connectivity index (χ3v) is 3.29. The molecular formula is C17H19N3O5. The molecule has 0 radical (unpaired) electrons. The summed E-state index contributed by atoms with van der Waals surface area (Å²) in [5.74, 6) is 0.427. The molecule has 132 valence electrons. The number of rotatable bonds is 7. The van der Waals surface area contributed by atoms with Crippen LogP contribution < -0.4 is 24.8 Å². The summed E-state index contributed by atoms with van der Waals surface area (Å²) in [4.78, 5) is 28.1. The summed E-state index contributed by atoms with van der Waals surface area (Å²) >= 11 is 0. The third-order valence-electron chi connectivity index (χ3n) is 3.29. The van der Waals surface area contributed by atoms with Crippen LogP contribution >= 0.6 is 0 Å². The number of ether oxygens (including phenoxy) is 3. The second-order valence-electron chi connectivity index (χ2n) is 4.86. The molecule has 0 aliphatic rings. The molecule has 1 aromatic carbocycles. The summed E-state index contributed by atoms with van der Waals surface area (Å²) in [7, 11) is 4.44. The Morgan fingerprint density at radius 1 is 1.04 bits per heavy atom. The van der Waals surface area contributed by atoms with Crippen LogP contribution in [-0.2, 0) is 4.79 Å². The molecule has 1 aromatic heterocycles. The highest BCUT2D eigenvalue weighted by atomic mass is 16.5. The van der Waals surface area contributed by atoms with Crippen LogP contribution in [0.5, 0.6) is 17.4 Å². The monoisotopic (exact) mass is 345 g/mol. The molecule has 0 bridgehead atoms. The highest BCUT2D eigenvalue weighted by Gasteiger charge is 2.13. The van der Waals surface area contributed by atoms with Crippen molar-refractivity contribution >= 4 is 17.5 Å². The van der Waals surface area contributed by atoms with Gasteiger partial charge in [-0.15, -0.1) is 0 Å². The zero-order valence-electron chi connectivity index (χ0n) is 14.2. The smallest absolute Gasteiger partial charge is 0.251 e. The minimum atomic E-state index is -0.408. The van der Waals surface area contributed by atoms with Crippen LogP contribution in [0.25, 0.3) is 0 Å². The van der Waals surface area contributed by atoms with Gasteiger partial charge in [0.15, 0.2) is 11.5 Å². The number of aromatic nitrogens is 1. The number of nitrogens with one attached hydrogen (secondary N) is 2. The molecule has 0 fully saturated rings. The largest absolute Gasteiger partial charge is 0.493 e.